The van der Waals surface area contributed by atoms with E-state index in [9.17, 15) is 0 Å². The summed E-state index contributed by atoms with van der Waals surface area (Å²) in [6.45, 7) is 2.90. The Balaban J connectivity index is 0.00000144. The number of hydrogen-bond donors (Lipinski definition) is 1. The van der Waals surface area contributed by atoms with Crippen LogP contribution in [0.2, 0.25) is 0 Å². The van der Waals surface area contributed by atoms with Crippen molar-refractivity contribution in [1.29, 1.82) is 0 Å². The first kappa shape index (κ1) is 14.2. The van der Waals surface area contributed by atoms with Gasteiger partial charge in [0, 0.05) is 0 Å². The van der Waals surface area contributed by atoms with Crippen LogP contribution in [0.25, 0.3) is 6.08 Å². The van der Waals surface area contributed by atoms with E-state index in [4.69, 9.17) is 4.74 Å². The predicted molar refractivity (Wildman–Crippen MR) is 74.6 cm³/mol. The van der Waals surface area contributed by atoms with Crippen LogP contribution in [0.15, 0.2) is 36.4 Å². The number of halogens is 1. The van der Waals surface area contributed by atoms with Crippen LogP contribution in [0, 0.1) is 0 Å². The van der Waals surface area contributed by atoms with Crippen molar-refractivity contribution < 1.29 is 4.74 Å². The minimum absolute atomic E-state index is 0. The van der Waals surface area contributed by atoms with Gasteiger partial charge >= 0.3 is 0 Å². The number of piperidine rings is 1. The molecule has 2 nitrogen and oxygen atoms in total. The molecule has 1 aromatic carbocycles. The molecule has 0 aromatic heterocycles. The van der Waals surface area contributed by atoms with E-state index >= 15 is 0 Å². The van der Waals surface area contributed by atoms with Crippen LogP contribution < -0.4 is 5.32 Å². The Morgan fingerprint density at radius 1 is 1.18 bits per heavy atom. The average Bonchev–Trinajstić information content (AvgIpc) is 2.37. The van der Waals surface area contributed by atoms with Crippen molar-refractivity contribution in [2.24, 2.45) is 0 Å². The maximum atomic E-state index is 5.78. The van der Waals surface area contributed by atoms with Crippen LogP contribution in [0.5, 0.6) is 0 Å². The van der Waals surface area contributed by atoms with Crippen LogP contribution in [0.4, 0.5) is 0 Å². The highest BCUT2D eigenvalue weighted by Crippen LogP contribution is 2.07. The molecule has 0 atom stereocenters. The highest BCUT2D eigenvalue weighted by molar-refractivity contribution is 5.85. The minimum Gasteiger partial charge on any atom is -0.374 e. The van der Waals surface area contributed by atoms with Crippen molar-refractivity contribution in [3.63, 3.8) is 0 Å². The third kappa shape index (κ3) is 5.35. The first-order valence-electron chi connectivity index (χ1n) is 5.99. The smallest absolute Gasteiger partial charge is 0.0654 e. The second kappa shape index (κ2) is 8.29. The highest BCUT2D eigenvalue weighted by atomic mass is 35.5. The number of nitrogens with one attached hydrogen (secondary N) is 1. The van der Waals surface area contributed by atoms with E-state index in [-0.39, 0.29) is 12.4 Å². The third-order valence-electron chi connectivity index (χ3n) is 2.82. The van der Waals surface area contributed by atoms with Gasteiger partial charge in [-0.15, -0.1) is 12.4 Å². The van der Waals surface area contributed by atoms with Crippen LogP contribution >= 0.6 is 12.4 Å². The van der Waals surface area contributed by atoms with Crippen LogP contribution in [-0.2, 0) is 4.74 Å². The molecular formula is C14H20ClNO. The topological polar surface area (TPSA) is 21.3 Å². The van der Waals surface area contributed by atoms with Crippen molar-refractivity contribution in [2.75, 3.05) is 19.7 Å². The molecule has 1 aliphatic rings. The van der Waals surface area contributed by atoms with Crippen LogP contribution in [0.3, 0.4) is 0 Å². The molecule has 0 bridgehead atoms. The van der Waals surface area contributed by atoms with E-state index in [1.807, 2.05) is 18.2 Å². The normalized spacial score (nSPS) is 16.9. The standard InChI is InChI=1S/C14H19NO.ClH/c1-2-5-13(6-3-1)7-4-12-16-14-8-10-15-11-9-14;/h1-7,14-15H,8-12H2;1H/b7-4+;. The second-order valence-corrected chi connectivity index (χ2v) is 4.10. The van der Waals surface area contributed by atoms with Crippen molar-refractivity contribution in [2.45, 2.75) is 18.9 Å². The van der Waals surface area contributed by atoms with Gasteiger partial charge in [0.2, 0.25) is 0 Å². The van der Waals surface area contributed by atoms with Gasteiger partial charge in [0.15, 0.2) is 0 Å². The van der Waals surface area contributed by atoms with Gasteiger partial charge in [-0.3, -0.25) is 0 Å². The number of hydrogen-bond acceptors (Lipinski definition) is 2. The molecule has 1 saturated heterocycles. The van der Waals surface area contributed by atoms with Gasteiger partial charge in [-0.2, -0.15) is 0 Å². The monoisotopic (exact) mass is 253 g/mol. The zero-order valence-electron chi connectivity index (χ0n) is 9.97. The zero-order chi connectivity index (χ0) is 11.1. The molecule has 0 spiro atoms. The molecule has 0 unspecified atom stereocenters. The lowest BCUT2D eigenvalue weighted by atomic mass is 10.1. The molecule has 1 aliphatic heterocycles. The Morgan fingerprint density at radius 2 is 1.88 bits per heavy atom. The molecule has 17 heavy (non-hydrogen) atoms. The zero-order valence-corrected chi connectivity index (χ0v) is 10.8. The minimum atomic E-state index is 0. The SMILES string of the molecule is C(=C\c1ccccc1)/COC1CCNCC1.Cl. The van der Waals surface area contributed by atoms with Crippen molar-refractivity contribution >= 4 is 18.5 Å². The maximum Gasteiger partial charge on any atom is 0.0654 e. The van der Waals surface area contributed by atoms with Gasteiger partial charge in [-0.1, -0.05) is 42.5 Å². The number of ether oxygens (including phenoxy) is 1. The summed E-state index contributed by atoms with van der Waals surface area (Å²) in [5.74, 6) is 0. The van der Waals surface area contributed by atoms with Gasteiger partial charge < -0.3 is 10.1 Å². The fourth-order valence-corrected chi connectivity index (χ4v) is 1.90. The second-order valence-electron chi connectivity index (χ2n) is 4.10. The van der Waals surface area contributed by atoms with Gasteiger partial charge in [-0.25, -0.2) is 0 Å². The van der Waals surface area contributed by atoms with E-state index in [2.05, 4.69) is 29.6 Å². The molecule has 0 radical (unpaired) electrons. The Morgan fingerprint density at radius 3 is 2.59 bits per heavy atom. The Labute approximate surface area is 109 Å². The summed E-state index contributed by atoms with van der Waals surface area (Å²) in [5, 5.41) is 3.33. The summed E-state index contributed by atoms with van der Waals surface area (Å²) in [7, 11) is 0. The van der Waals surface area contributed by atoms with E-state index in [1.54, 1.807) is 0 Å². The summed E-state index contributed by atoms with van der Waals surface area (Å²) in [6, 6.07) is 10.3. The molecule has 2 rings (SSSR count). The summed E-state index contributed by atoms with van der Waals surface area (Å²) >= 11 is 0. The van der Waals surface area contributed by atoms with Crippen molar-refractivity contribution in [3.8, 4) is 0 Å². The highest BCUT2D eigenvalue weighted by Gasteiger charge is 2.11. The molecule has 1 heterocycles. The number of benzene rings is 1. The molecule has 3 heteroatoms. The first-order valence-corrected chi connectivity index (χ1v) is 5.99. The van der Waals surface area contributed by atoms with Crippen molar-refractivity contribution in [1.82, 2.24) is 5.32 Å². The predicted octanol–water partition coefficient (Wildman–Crippen LogP) is 2.89. The summed E-state index contributed by atoms with van der Waals surface area (Å²) < 4.78 is 5.78. The fourth-order valence-electron chi connectivity index (χ4n) is 1.90. The molecule has 0 aliphatic carbocycles. The van der Waals surface area contributed by atoms with E-state index in [1.165, 1.54) is 5.56 Å². The maximum absolute atomic E-state index is 5.78. The van der Waals surface area contributed by atoms with E-state index in [0.717, 1.165) is 32.5 Å². The van der Waals surface area contributed by atoms with Crippen LogP contribution in [0.1, 0.15) is 18.4 Å². The Hall–Kier alpha value is -0.830. The lowest BCUT2D eigenvalue weighted by molar-refractivity contribution is 0.0518. The molecule has 94 valence electrons. The Bertz CT molecular complexity index is 320. The van der Waals surface area contributed by atoms with E-state index in [0.29, 0.717) is 6.10 Å². The summed E-state index contributed by atoms with van der Waals surface area (Å²) in [5.41, 5.74) is 1.23. The van der Waals surface area contributed by atoms with E-state index < -0.39 is 0 Å². The number of rotatable bonds is 4. The summed E-state index contributed by atoms with van der Waals surface area (Å²) in [4.78, 5) is 0. The average molecular weight is 254 g/mol. The largest absolute Gasteiger partial charge is 0.374 e. The molecule has 0 saturated carbocycles. The lowest BCUT2D eigenvalue weighted by Gasteiger charge is -2.22. The van der Waals surface area contributed by atoms with Gasteiger partial charge in [0.1, 0.15) is 0 Å². The van der Waals surface area contributed by atoms with Gasteiger partial charge in [-0.05, 0) is 31.5 Å². The van der Waals surface area contributed by atoms with Gasteiger partial charge in [0.05, 0.1) is 12.7 Å². The molecule has 1 aromatic rings. The Kier molecular flexibility index (Phi) is 6.94. The van der Waals surface area contributed by atoms with Gasteiger partial charge in [0.25, 0.3) is 0 Å². The fraction of sp³-hybridized carbons (Fsp3) is 0.429. The molecule has 1 fully saturated rings. The van der Waals surface area contributed by atoms with Crippen molar-refractivity contribution in [3.05, 3.63) is 42.0 Å². The molecule has 1 N–H and O–H groups in total. The summed E-state index contributed by atoms with van der Waals surface area (Å²) in [6.07, 6.45) is 6.93. The molecule has 0 amide bonds. The first-order chi connectivity index (χ1) is 7.95. The van der Waals surface area contributed by atoms with Crippen LogP contribution in [-0.4, -0.2) is 25.8 Å². The lowest BCUT2D eigenvalue weighted by Crippen LogP contribution is -2.32. The third-order valence-corrected chi connectivity index (χ3v) is 2.82. The quantitative estimate of drug-likeness (QED) is 0.891. The molecular weight excluding hydrogens is 234 g/mol.